The van der Waals surface area contributed by atoms with Gasteiger partial charge >= 0.3 is 5.97 Å². The SMILES string of the molecule is Cc1cc(/C=C/C(=O)O[C@H](C)C(=O)c2ccc(F)cc2)c(C)n1C1CC1. The Morgan fingerprint density at radius 2 is 1.88 bits per heavy atom. The summed E-state index contributed by atoms with van der Waals surface area (Å²) in [5, 5.41) is 0. The molecule has 0 amide bonds. The molecule has 26 heavy (non-hydrogen) atoms. The number of rotatable bonds is 6. The molecule has 1 aromatic carbocycles. The lowest BCUT2D eigenvalue weighted by atomic mass is 10.1. The quantitative estimate of drug-likeness (QED) is 0.438. The summed E-state index contributed by atoms with van der Waals surface area (Å²) in [5.41, 5.74) is 3.59. The number of hydrogen-bond donors (Lipinski definition) is 0. The van der Waals surface area contributed by atoms with Crippen LogP contribution in [0.4, 0.5) is 4.39 Å². The maximum absolute atomic E-state index is 12.9. The molecule has 1 aliphatic rings. The highest BCUT2D eigenvalue weighted by Crippen LogP contribution is 2.38. The molecular formula is C21H22FNO3. The van der Waals surface area contributed by atoms with Crippen molar-refractivity contribution >= 4 is 17.8 Å². The van der Waals surface area contributed by atoms with Crippen LogP contribution in [-0.4, -0.2) is 22.4 Å². The molecule has 1 heterocycles. The Hall–Kier alpha value is -2.69. The Balaban J connectivity index is 1.63. The second-order valence-electron chi connectivity index (χ2n) is 6.71. The van der Waals surface area contributed by atoms with Gasteiger partial charge in [0.1, 0.15) is 5.82 Å². The van der Waals surface area contributed by atoms with Crippen molar-refractivity contribution in [1.82, 2.24) is 4.57 Å². The van der Waals surface area contributed by atoms with Gasteiger partial charge < -0.3 is 9.30 Å². The predicted octanol–water partition coefficient (Wildman–Crippen LogP) is 4.41. The molecule has 1 aliphatic carbocycles. The first-order valence-electron chi connectivity index (χ1n) is 8.73. The van der Waals surface area contributed by atoms with Gasteiger partial charge in [0.25, 0.3) is 0 Å². The van der Waals surface area contributed by atoms with E-state index in [1.54, 1.807) is 6.08 Å². The molecule has 136 valence electrons. The van der Waals surface area contributed by atoms with Gasteiger partial charge in [-0.05, 0) is 75.6 Å². The Morgan fingerprint density at radius 1 is 1.23 bits per heavy atom. The van der Waals surface area contributed by atoms with E-state index in [9.17, 15) is 14.0 Å². The molecule has 0 spiro atoms. The van der Waals surface area contributed by atoms with Crippen molar-refractivity contribution in [1.29, 1.82) is 0 Å². The fraction of sp³-hybridized carbons (Fsp3) is 0.333. The van der Waals surface area contributed by atoms with E-state index in [1.165, 1.54) is 55.8 Å². The largest absolute Gasteiger partial charge is 0.451 e. The maximum Gasteiger partial charge on any atom is 0.331 e. The van der Waals surface area contributed by atoms with Crippen LogP contribution in [0.3, 0.4) is 0 Å². The molecule has 0 unspecified atom stereocenters. The second-order valence-corrected chi connectivity index (χ2v) is 6.71. The van der Waals surface area contributed by atoms with Gasteiger partial charge in [0.2, 0.25) is 5.78 Å². The van der Waals surface area contributed by atoms with E-state index in [-0.39, 0.29) is 5.78 Å². The van der Waals surface area contributed by atoms with Crippen molar-refractivity contribution in [3.05, 3.63) is 64.7 Å². The Kier molecular flexibility index (Phi) is 5.07. The minimum Gasteiger partial charge on any atom is -0.451 e. The average Bonchev–Trinajstić information content (AvgIpc) is 3.39. The summed E-state index contributed by atoms with van der Waals surface area (Å²) in [4.78, 5) is 24.3. The topological polar surface area (TPSA) is 48.3 Å². The van der Waals surface area contributed by atoms with E-state index >= 15 is 0 Å². The number of esters is 1. The average molecular weight is 355 g/mol. The first-order valence-corrected chi connectivity index (χ1v) is 8.73. The van der Waals surface area contributed by atoms with Crippen molar-refractivity contribution in [2.75, 3.05) is 0 Å². The van der Waals surface area contributed by atoms with E-state index < -0.39 is 17.9 Å². The van der Waals surface area contributed by atoms with Crippen LogP contribution in [0, 0.1) is 19.7 Å². The number of nitrogens with zero attached hydrogens (tertiary/aromatic N) is 1. The van der Waals surface area contributed by atoms with Gasteiger partial charge in [-0.1, -0.05) is 0 Å². The van der Waals surface area contributed by atoms with Crippen LogP contribution in [0.1, 0.15) is 53.1 Å². The highest BCUT2D eigenvalue weighted by Gasteiger charge is 2.26. The molecule has 1 atom stereocenters. The van der Waals surface area contributed by atoms with Gasteiger partial charge in [0.15, 0.2) is 6.10 Å². The third kappa shape index (κ3) is 3.93. The number of aryl methyl sites for hydroxylation is 1. The molecule has 0 radical (unpaired) electrons. The zero-order valence-electron chi connectivity index (χ0n) is 15.2. The third-order valence-corrected chi connectivity index (χ3v) is 4.63. The number of aromatic nitrogens is 1. The van der Waals surface area contributed by atoms with Crippen LogP contribution in [0.25, 0.3) is 6.08 Å². The molecule has 2 aromatic rings. The Bertz CT molecular complexity index is 860. The zero-order chi connectivity index (χ0) is 18.8. The van der Waals surface area contributed by atoms with Crippen molar-refractivity contribution in [2.45, 2.75) is 45.8 Å². The van der Waals surface area contributed by atoms with Crippen molar-refractivity contribution in [2.24, 2.45) is 0 Å². The number of carbonyl (C=O) groups excluding carboxylic acids is 2. The zero-order valence-corrected chi connectivity index (χ0v) is 15.2. The standard InChI is InChI=1S/C21H22FNO3/c1-13-12-17(14(2)23(13)19-9-10-19)6-11-20(24)26-15(3)21(25)16-4-7-18(22)8-5-16/h4-8,11-12,15,19H,9-10H2,1-3H3/b11-6+/t15-/m1/s1. The number of hydrogen-bond acceptors (Lipinski definition) is 3. The van der Waals surface area contributed by atoms with Gasteiger partial charge in [-0.2, -0.15) is 0 Å². The van der Waals surface area contributed by atoms with Crippen molar-refractivity contribution < 1.29 is 18.7 Å². The molecular weight excluding hydrogens is 333 g/mol. The Morgan fingerprint density at radius 3 is 2.50 bits per heavy atom. The molecule has 5 heteroatoms. The van der Waals surface area contributed by atoms with E-state index in [4.69, 9.17) is 4.74 Å². The summed E-state index contributed by atoms with van der Waals surface area (Å²) in [6.07, 6.45) is 4.53. The molecule has 3 rings (SSSR count). The van der Waals surface area contributed by atoms with Crippen LogP contribution < -0.4 is 0 Å². The van der Waals surface area contributed by atoms with Crippen LogP contribution in [0.2, 0.25) is 0 Å². The van der Waals surface area contributed by atoms with Crippen molar-refractivity contribution in [3.63, 3.8) is 0 Å². The minimum atomic E-state index is -0.934. The normalized spacial score (nSPS) is 15.2. The molecule has 4 nitrogen and oxygen atoms in total. The summed E-state index contributed by atoms with van der Waals surface area (Å²) in [6, 6.07) is 7.80. The van der Waals surface area contributed by atoms with Gasteiger partial charge in [0, 0.05) is 29.1 Å². The summed E-state index contributed by atoms with van der Waals surface area (Å²) < 4.78 is 20.4. The first kappa shape index (κ1) is 18.1. The number of Topliss-reactive ketones (excluding diaryl/α,β-unsaturated/α-hetero) is 1. The minimum absolute atomic E-state index is 0.309. The third-order valence-electron chi connectivity index (χ3n) is 4.63. The molecule has 1 aromatic heterocycles. The monoisotopic (exact) mass is 355 g/mol. The first-order chi connectivity index (χ1) is 12.4. The van der Waals surface area contributed by atoms with E-state index in [1.807, 2.05) is 13.0 Å². The molecule has 0 N–H and O–H groups in total. The number of carbonyl (C=O) groups is 2. The van der Waals surface area contributed by atoms with E-state index in [0.29, 0.717) is 11.6 Å². The van der Waals surface area contributed by atoms with Crippen LogP contribution in [-0.2, 0) is 9.53 Å². The molecule has 1 saturated carbocycles. The summed E-state index contributed by atoms with van der Waals surface area (Å²) >= 11 is 0. The van der Waals surface area contributed by atoms with E-state index in [2.05, 4.69) is 11.5 Å². The highest BCUT2D eigenvalue weighted by atomic mass is 19.1. The summed E-state index contributed by atoms with van der Waals surface area (Å²) in [6.45, 7) is 5.61. The predicted molar refractivity (Wildman–Crippen MR) is 97.5 cm³/mol. The Labute approximate surface area is 152 Å². The lowest BCUT2D eigenvalue weighted by Crippen LogP contribution is -2.23. The van der Waals surface area contributed by atoms with Gasteiger partial charge in [-0.25, -0.2) is 9.18 Å². The summed E-state index contributed by atoms with van der Waals surface area (Å²) in [7, 11) is 0. The van der Waals surface area contributed by atoms with Crippen LogP contribution >= 0.6 is 0 Å². The number of benzene rings is 1. The fourth-order valence-corrected chi connectivity index (χ4v) is 3.14. The highest BCUT2D eigenvalue weighted by molar-refractivity contribution is 6.01. The smallest absolute Gasteiger partial charge is 0.331 e. The molecule has 0 aliphatic heterocycles. The molecule has 0 bridgehead atoms. The molecule has 0 saturated heterocycles. The maximum atomic E-state index is 12.9. The fourth-order valence-electron chi connectivity index (χ4n) is 3.14. The van der Waals surface area contributed by atoms with Crippen LogP contribution in [0.5, 0.6) is 0 Å². The lowest BCUT2D eigenvalue weighted by Gasteiger charge is -2.10. The van der Waals surface area contributed by atoms with Gasteiger partial charge in [-0.3, -0.25) is 4.79 Å². The summed E-state index contributed by atoms with van der Waals surface area (Å²) in [5.74, 6) is -1.36. The van der Waals surface area contributed by atoms with Gasteiger partial charge in [0.05, 0.1) is 0 Å². The number of ketones is 1. The van der Waals surface area contributed by atoms with Crippen LogP contribution in [0.15, 0.2) is 36.4 Å². The van der Waals surface area contributed by atoms with Gasteiger partial charge in [-0.15, -0.1) is 0 Å². The van der Waals surface area contributed by atoms with E-state index in [0.717, 1.165) is 11.3 Å². The second kappa shape index (κ2) is 7.28. The number of halogens is 1. The lowest BCUT2D eigenvalue weighted by molar-refractivity contribution is -0.140. The van der Waals surface area contributed by atoms with Crippen molar-refractivity contribution in [3.8, 4) is 0 Å². The number of ether oxygens (including phenoxy) is 1. The molecule has 1 fully saturated rings.